The molecule has 0 fully saturated rings. The van der Waals surface area contributed by atoms with Crippen LogP contribution in [0.3, 0.4) is 0 Å². The van der Waals surface area contributed by atoms with Crippen molar-refractivity contribution in [1.82, 2.24) is 10.5 Å². The van der Waals surface area contributed by atoms with E-state index in [4.69, 9.17) is 18.7 Å². The van der Waals surface area contributed by atoms with Crippen LogP contribution in [0.25, 0.3) is 0 Å². The molecule has 0 spiro atoms. The third-order valence-electron chi connectivity index (χ3n) is 4.66. The normalized spacial score (nSPS) is 10.4. The molecule has 0 aliphatic carbocycles. The van der Waals surface area contributed by atoms with Crippen LogP contribution < -0.4 is 14.8 Å². The van der Waals surface area contributed by atoms with Crippen LogP contribution in [-0.4, -0.2) is 30.7 Å². The van der Waals surface area contributed by atoms with Gasteiger partial charge in [-0.2, -0.15) is 0 Å². The summed E-state index contributed by atoms with van der Waals surface area (Å²) < 4.78 is 21.3. The first-order valence-electron chi connectivity index (χ1n) is 9.69. The zero-order valence-corrected chi connectivity index (χ0v) is 17.6. The maximum atomic E-state index is 12.5. The number of rotatable bonds is 9. The molecule has 0 saturated carbocycles. The van der Waals surface area contributed by atoms with Gasteiger partial charge in [-0.25, -0.2) is 4.79 Å². The number of para-hydroxylation sites is 2. The van der Waals surface area contributed by atoms with Crippen LogP contribution in [0.5, 0.6) is 11.5 Å². The summed E-state index contributed by atoms with van der Waals surface area (Å²) in [5.41, 5.74) is 2.60. The molecule has 162 valence electrons. The molecule has 0 unspecified atom stereocenters. The maximum Gasteiger partial charge on any atom is 0.342 e. The Hall–Kier alpha value is -3.81. The molecule has 31 heavy (non-hydrogen) atoms. The monoisotopic (exact) mass is 424 g/mol. The molecule has 8 heteroatoms. The highest BCUT2D eigenvalue weighted by Crippen LogP contribution is 2.22. The van der Waals surface area contributed by atoms with E-state index in [0.29, 0.717) is 17.3 Å². The van der Waals surface area contributed by atoms with Gasteiger partial charge in [0.25, 0.3) is 5.91 Å². The molecular formula is C23H24N2O6. The van der Waals surface area contributed by atoms with Crippen molar-refractivity contribution in [1.29, 1.82) is 0 Å². The number of hydrogen-bond acceptors (Lipinski definition) is 7. The van der Waals surface area contributed by atoms with Crippen molar-refractivity contribution in [3.05, 3.63) is 76.7 Å². The second-order valence-electron chi connectivity index (χ2n) is 6.75. The first-order chi connectivity index (χ1) is 15.0. The molecule has 0 saturated heterocycles. The Balaban J connectivity index is 1.55. The van der Waals surface area contributed by atoms with Gasteiger partial charge in [0.2, 0.25) is 0 Å². The number of ether oxygens (including phenoxy) is 3. The SMILES string of the molecule is COc1ccccc1CNC(=O)COC(=O)c1ccccc1OCc1c(C)noc1C. The number of benzene rings is 2. The van der Waals surface area contributed by atoms with Crippen LogP contribution in [0.15, 0.2) is 53.1 Å². The Bertz CT molecular complexity index is 1040. The van der Waals surface area contributed by atoms with E-state index in [9.17, 15) is 9.59 Å². The Morgan fingerprint density at radius 3 is 2.45 bits per heavy atom. The minimum absolute atomic E-state index is 0.199. The number of carbonyl (C=O) groups is 2. The molecule has 0 bridgehead atoms. The van der Waals surface area contributed by atoms with Crippen molar-refractivity contribution in [2.24, 2.45) is 0 Å². The van der Waals surface area contributed by atoms with Gasteiger partial charge in [-0.15, -0.1) is 0 Å². The lowest BCUT2D eigenvalue weighted by Gasteiger charge is -2.12. The smallest absolute Gasteiger partial charge is 0.342 e. The van der Waals surface area contributed by atoms with Crippen molar-refractivity contribution in [2.75, 3.05) is 13.7 Å². The van der Waals surface area contributed by atoms with Crippen LogP contribution in [0, 0.1) is 13.8 Å². The zero-order chi connectivity index (χ0) is 22.2. The topological polar surface area (TPSA) is 99.9 Å². The average molecular weight is 424 g/mol. The Labute approximate surface area is 180 Å². The van der Waals surface area contributed by atoms with Crippen LogP contribution in [0.2, 0.25) is 0 Å². The highest BCUT2D eigenvalue weighted by atomic mass is 16.5. The lowest BCUT2D eigenvalue weighted by Crippen LogP contribution is -2.28. The molecule has 0 atom stereocenters. The average Bonchev–Trinajstić information content (AvgIpc) is 3.12. The van der Waals surface area contributed by atoms with Gasteiger partial charge in [0.1, 0.15) is 29.4 Å². The first-order valence-corrected chi connectivity index (χ1v) is 9.69. The Kier molecular flexibility index (Phi) is 7.26. The molecule has 3 aromatic rings. The summed E-state index contributed by atoms with van der Waals surface area (Å²) in [6, 6.07) is 14.0. The molecule has 1 N–H and O–H groups in total. The predicted octanol–water partition coefficient (Wildman–Crippen LogP) is 3.35. The highest BCUT2D eigenvalue weighted by molar-refractivity contribution is 5.94. The summed E-state index contributed by atoms with van der Waals surface area (Å²) in [5, 5.41) is 6.59. The number of amides is 1. The van der Waals surface area contributed by atoms with Crippen LogP contribution in [0.4, 0.5) is 0 Å². The minimum Gasteiger partial charge on any atom is -0.496 e. The van der Waals surface area contributed by atoms with Gasteiger partial charge < -0.3 is 24.1 Å². The molecule has 0 radical (unpaired) electrons. The number of nitrogens with one attached hydrogen (secondary N) is 1. The summed E-state index contributed by atoms with van der Waals surface area (Å²) in [6.07, 6.45) is 0. The second-order valence-corrected chi connectivity index (χ2v) is 6.75. The molecular weight excluding hydrogens is 400 g/mol. The molecule has 2 aromatic carbocycles. The van der Waals surface area contributed by atoms with Gasteiger partial charge in [0.15, 0.2) is 6.61 Å². The summed E-state index contributed by atoms with van der Waals surface area (Å²) in [5.74, 6) is 0.602. The zero-order valence-electron chi connectivity index (χ0n) is 17.6. The number of hydrogen-bond donors (Lipinski definition) is 1. The van der Waals surface area contributed by atoms with Crippen molar-refractivity contribution in [2.45, 2.75) is 27.0 Å². The van der Waals surface area contributed by atoms with Crippen molar-refractivity contribution in [3.8, 4) is 11.5 Å². The fourth-order valence-corrected chi connectivity index (χ4v) is 2.92. The third kappa shape index (κ3) is 5.63. The van der Waals surface area contributed by atoms with E-state index in [2.05, 4.69) is 10.5 Å². The first kappa shape index (κ1) is 21.9. The predicted molar refractivity (Wildman–Crippen MR) is 112 cm³/mol. The Morgan fingerprint density at radius 2 is 1.74 bits per heavy atom. The van der Waals surface area contributed by atoms with E-state index in [0.717, 1.165) is 16.8 Å². The fraction of sp³-hybridized carbons (Fsp3) is 0.261. The van der Waals surface area contributed by atoms with Crippen LogP contribution >= 0.6 is 0 Å². The third-order valence-corrected chi connectivity index (χ3v) is 4.66. The molecule has 1 heterocycles. The van der Waals surface area contributed by atoms with Crippen molar-refractivity contribution in [3.63, 3.8) is 0 Å². The standard InChI is InChI=1S/C23H24N2O6/c1-15-19(16(2)31-25-15)13-29-21-11-7-5-9-18(21)23(27)30-14-22(26)24-12-17-8-4-6-10-20(17)28-3/h4-11H,12-14H2,1-3H3,(H,24,26). The van der Waals surface area contributed by atoms with Gasteiger partial charge in [0.05, 0.1) is 18.4 Å². The van der Waals surface area contributed by atoms with Crippen LogP contribution in [0.1, 0.15) is 32.9 Å². The van der Waals surface area contributed by atoms with E-state index in [-0.39, 0.29) is 18.7 Å². The van der Waals surface area contributed by atoms with Gasteiger partial charge in [-0.1, -0.05) is 35.5 Å². The molecule has 0 aliphatic heterocycles. The summed E-state index contributed by atoms with van der Waals surface area (Å²) in [7, 11) is 1.56. The maximum absolute atomic E-state index is 12.5. The van der Waals surface area contributed by atoms with Gasteiger partial charge in [-0.3, -0.25) is 4.79 Å². The van der Waals surface area contributed by atoms with E-state index < -0.39 is 18.5 Å². The van der Waals surface area contributed by atoms with E-state index in [1.165, 1.54) is 0 Å². The van der Waals surface area contributed by atoms with Gasteiger partial charge in [-0.05, 0) is 32.0 Å². The number of nitrogens with zero attached hydrogens (tertiary/aromatic N) is 1. The fourth-order valence-electron chi connectivity index (χ4n) is 2.92. The number of aromatic nitrogens is 1. The summed E-state index contributed by atoms with van der Waals surface area (Å²) in [6.45, 7) is 3.66. The highest BCUT2D eigenvalue weighted by Gasteiger charge is 2.17. The van der Waals surface area contributed by atoms with Crippen molar-refractivity contribution >= 4 is 11.9 Å². The number of esters is 1. The largest absolute Gasteiger partial charge is 0.496 e. The molecule has 1 amide bonds. The molecule has 3 rings (SSSR count). The molecule has 0 aliphatic rings. The van der Waals surface area contributed by atoms with E-state index in [1.807, 2.05) is 25.1 Å². The molecule has 8 nitrogen and oxygen atoms in total. The quantitative estimate of drug-likeness (QED) is 0.526. The minimum atomic E-state index is -0.651. The summed E-state index contributed by atoms with van der Waals surface area (Å²) in [4.78, 5) is 24.6. The number of aryl methyl sites for hydroxylation is 2. The summed E-state index contributed by atoms with van der Waals surface area (Å²) >= 11 is 0. The Morgan fingerprint density at radius 1 is 1.03 bits per heavy atom. The number of carbonyl (C=O) groups excluding carboxylic acids is 2. The van der Waals surface area contributed by atoms with Gasteiger partial charge >= 0.3 is 5.97 Å². The van der Waals surface area contributed by atoms with Crippen LogP contribution in [-0.2, 0) is 22.7 Å². The van der Waals surface area contributed by atoms with E-state index in [1.54, 1.807) is 44.4 Å². The van der Waals surface area contributed by atoms with Gasteiger partial charge in [0, 0.05) is 12.1 Å². The molecule has 1 aromatic heterocycles. The van der Waals surface area contributed by atoms with E-state index >= 15 is 0 Å². The van der Waals surface area contributed by atoms with Crippen molar-refractivity contribution < 1.29 is 28.3 Å². The number of methoxy groups -OCH3 is 1. The second kappa shape index (κ2) is 10.3. The lowest BCUT2D eigenvalue weighted by molar-refractivity contribution is -0.124. The lowest BCUT2D eigenvalue weighted by atomic mass is 10.2.